The molecule has 0 spiro atoms. The van der Waals surface area contributed by atoms with E-state index < -0.39 is 6.36 Å². The van der Waals surface area contributed by atoms with Crippen molar-refractivity contribution in [1.82, 2.24) is 0 Å². The lowest BCUT2D eigenvalue weighted by atomic mass is 10.1. The molecule has 1 unspecified atom stereocenters. The van der Waals surface area contributed by atoms with Crippen molar-refractivity contribution in [2.75, 3.05) is 5.32 Å². The number of halogens is 3. The monoisotopic (exact) mass is 297 g/mol. The second-order valence-corrected chi connectivity index (χ2v) is 4.53. The smallest absolute Gasteiger partial charge is 0.508 e. The molecule has 2 rings (SSSR count). The molecule has 0 heterocycles. The largest absolute Gasteiger partial charge is 0.573 e. The molecule has 6 heteroatoms. The van der Waals surface area contributed by atoms with E-state index in [0.29, 0.717) is 5.69 Å². The Kier molecular flexibility index (Phi) is 4.26. The molecule has 21 heavy (non-hydrogen) atoms. The molecule has 2 aromatic carbocycles. The van der Waals surface area contributed by atoms with Crippen molar-refractivity contribution in [1.29, 1.82) is 0 Å². The van der Waals surface area contributed by atoms with Crippen molar-refractivity contribution in [3.63, 3.8) is 0 Å². The van der Waals surface area contributed by atoms with Gasteiger partial charge in [0.25, 0.3) is 0 Å². The van der Waals surface area contributed by atoms with Gasteiger partial charge in [-0.05, 0) is 48.9 Å². The van der Waals surface area contributed by atoms with Crippen molar-refractivity contribution in [3.8, 4) is 11.5 Å². The van der Waals surface area contributed by atoms with Gasteiger partial charge in [0.1, 0.15) is 11.5 Å². The van der Waals surface area contributed by atoms with Gasteiger partial charge in [-0.2, -0.15) is 0 Å². The molecule has 0 aliphatic rings. The van der Waals surface area contributed by atoms with Gasteiger partial charge < -0.3 is 15.2 Å². The van der Waals surface area contributed by atoms with Crippen molar-refractivity contribution in [2.45, 2.75) is 19.3 Å². The van der Waals surface area contributed by atoms with Gasteiger partial charge in [0.05, 0.1) is 0 Å². The number of phenolic OH excluding ortho intramolecular Hbond substituents is 1. The Balaban J connectivity index is 2.01. The van der Waals surface area contributed by atoms with Gasteiger partial charge in [-0.1, -0.05) is 12.1 Å². The molecule has 0 saturated carbocycles. The summed E-state index contributed by atoms with van der Waals surface area (Å²) >= 11 is 0. The molecule has 0 saturated heterocycles. The quantitative estimate of drug-likeness (QED) is 0.875. The lowest BCUT2D eigenvalue weighted by Gasteiger charge is -2.16. The van der Waals surface area contributed by atoms with Crippen LogP contribution in [0, 0.1) is 0 Å². The molecular weight excluding hydrogens is 283 g/mol. The van der Waals surface area contributed by atoms with Crippen LogP contribution in [0.1, 0.15) is 18.5 Å². The third kappa shape index (κ3) is 4.59. The molecule has 0 radical (unpaired) electrons. The van der Waals surface area contributed by atoms with Crippen LogP contribution in [0.5, 0.6) is 11.5 Å². The summed E-state index contributed by atoms with van der Waals surface area (Å²) in [7, 11) is 0. The summed E-state index contributed by atoms with van der Waals surface area (Å²) in [6.07, 6.45) is -4.69. The number of aromatic hydroxyl groups is 1. The van der Waals surface area contributed by atoms with Crippen molar-refractivity contribution in [3.05, 3.63) is 54.1 Å². The van der Waals surface area contributed by atoms with Crippen molar-refractivity contribution >= 4 is 5.69 Å². The number of ether oxygens (including phenoxy) is 1. The first-order valence-electron chi connectivity index (χ1n) is 6.25. The van der Waals surface area contributed by atoms with E-state index in [9.17, 15) is 18.3 Å². The molecule has 0 amide bonds. The number of phenols is 1. The first-order chi connectivity index (χ1) is 9.83. The second-order valence-electron chi connectivity index (χ2n) is 4.53. The van der Waals surface area contributed by atoms with Gasteiger partial charge in [-0.3, -0.25) is 0 Å². The van der Waals surface area contributed by atoms with Crippen LogP contribution in [0.15, 0.2) is 48.5 Å². The number of anilines is 1. The number of hydrogen-bond donors (Lipinski definition) is 2. The lowest BCUT2D eigenvalue weighted by molar-refractivity contribution is -0.274. The zero-order valence-corrected chi connectivity index (χ0v) is 11.2. The normalized spacial score (nSPS) is 12.8. The lowest BCUT2D eigenvalue weighted by Crippen LogP contribution is -2.17. The Bertz CT molecular complexity index is 579. The standard InChI is InChI=1S/C15H14F3NO2/c1-10(11-2-6-13(20)7-3-11)19-12-4-8-14(9-5-12)21-15(16,17)18/h2-10,19-20H,1H3. The van der Waals surface area contributed by atoms with Crippen LogP contribution in [0.25, 0.3) is 0 Å². The molecule has 0 aromatic heterocycles. The molecule has 2 N–H and O–H groups in total. The Morgan fingerprint density at radius 2 is 1.57 bits per heavy atom. The minimum Gasteiger partial charge on any atom is -0.508 e. The van der Waals surface area contributed by atoms with Gasteiger partial charge in [-0.15, -0.1) is 13.2 Å². The van der Waals surface area contributed by atoms with Crippen LogP contribution in [-0.4, -0.2) is 11.5 Å². The van der Waals surface area contributed by atoms with E-state index in [1.165, 1.54) is 24.3 Å². The molecule has 0 aliphatic carbocycles. The van der Waals surface area contributed by atoms with E-state index in [1.54, 1.807) is 24.3 Å². The predicted molar refractivity (Wildman–Crippen MR) is 73.3 cm³/mol. The third-order valence-corrected chi connectivity index (χ3v) is 2.86. The van der Waals surface area contributed by atoms with Gasteiger partial charge in [0.2, 0.25) is 0 Å². The molecule has 1 atom stereocenters. The zero-order chi connectivity index (χ0) is 15.5. The average Bonchev–Trinajstić information content (AvgIpc) is 2.40. The molecule has 2 aromatic rings. The Labute approximate surface area is 120 Å². The van der Waals surface area contributed by atoms with Gasteiger partial charge in [-0.25, -0.2) is 0 Å². The van der Waals surface area contributed by atoms with Crippen LogP contribution in [0.4, 0.5) is 18.9 Å². The third-order valence-electron chi connectivity index (χ3n) is 2.86. The Morgan fingerprint density at radius 3 is 2.10 bits per heavy atom. The molecule has 0 fully saturated rings. The topological polar surface area (TPSA) is 41.5 Å². The minimum absolute atomic E-state index is 0.0556. The highest BCUT2D eigenvalue weighted by Gasteiger charge is 2.30. The summed E-state index contributed by atoms with van der Waals surface area (Å²) in [5.74, 6) is -0.0788. The van der Waals surface area contributed by atoms with Crippen LogP contribution in [-0.2, 0) is 0 Å². The van der Waals surface area contributed by atoms with Crippen LogP contribution >= 0.6 is 0 Å². The zero-order valence-electron chi connectivity index (χ0n) is 11.2. The van der Waals surface area contributed by atoms with E-state index in [1.807, 2.05) is 6.92 Å². The fourth-order valence-electron chi connectivity index (χ4n) is 1.85. The SMILES string of the molecule is CC(Nc1ccc(OC(F)(F)F)cc1)c1ccc(O)cc1. The number of alkyl halides is 3. The summed E-state index contributed by atoms with van der Waals surface area (Å²) in [6, 6.07) is 12.2. The van der Waals surface area contributed by atoms with E-state index in [0.717, 1.165) is 5.56 Å². The minimum atomic E-state index is -4.69. The number of benzene rings is 2. The van der Waals surface area contributed by atoms with E-state index in [2.05, 4.69) is 10.1 Å². The first kappa shape index (κ1) is 15.0. The van der Waals surface area contributed by atoms with Gasteiger partial charge in [0, 0.05) is 11.7 Å². The average molecular weight is 297 g/mol. The van der Waals surface area contributed by atoms with E-state index in [4.69, 9.17) is 0 Å². The van der Waals surface area contributed by atoms with Crippen molar-refractivity contribution < 1.29 is 23.0 Å². The van der Waals surface area contributed by atoms with Gasteiger partial charge in [0.15, 0.2) is 0 Å². The highest BCUT2D eigenvalue weighted by atomic mass is 19.4. The maximum atomic E-state index is 12.0. The maximum Gasteiger partial charge on any atom is 0.573 e. The fourth-order valence-corrected chi connectivity index (χ4v) is 1.85. The van der Waals surface area contributed by atoms with Crippen molar-refractivity contribution in [2.24, 2.45) is 0 Å². The van der Waals surface area contributed by atoms with E-state index >= 15 is 0 Å². The fraction of sp³-hybridized carbons (Fsp3) is 0.200. The molecule has 0 aliphatic heterocycles. The summed E-state index contributed by atoms with van der Waals surface area (Å²) in [5.41, 5.74) is 1.62. The molecule has 112 valence electrons. The highest BCUT2D eigenvalue weighted by molar-refractivity contribution is 5.48. The van der Waals surface area contributed by atoms with Gasteiger partial charge >= 0.3 is 6.36 Å². The Hall–Kier alpha value is -2.37. The van der Waals surface area contributed by atoms with E-state index in [-0.39, 0.29) is 17.5 Å². The summed E-state index contributed by atoms with van der Waals surface area (Å²) in [6.45, 7) is 1.91. The second kappa shape index (κ2) is 5.95. The summed E-state index contributed by atoms with van der Waals surface area (Å²) in [4.78, 5) is 0. The first-order valence-corrected chi connectivity index (χ1v) is 6.25. The number of rotatable bonds is 4. The molecule has 0 bridgehead atoms. The molecular formula is C15H14F3NO2. The molecule has 3 nitrogen and oxygen atoms in total. The summed E-state index contributed by atoms with van der Waals surface area (Å²) in [5, 5.41) is 12.4. The number of hydrogen-bond acceptors (Lipinski definition) is 3. The maximum absolute atomic E-state index is 12.0. The van der Waals surface area contributed by atoms with Crippen LogP contribution in [0.3, 0.4) is 0 Å². The number of nitrogens with one attached hydrogen (secondary N) is 1. The predicted octanol–water partition coefficient (Wildman–Crippen LogP) is 4.46. The van der Waals surface area contributed by atoms with Crippen LogP contribution < -0.4 is 10.1 Å². The highest BCUT2D eigenvalue weighted by Crippen LogP contribution is 2.26. The summed E-state index contributed by atoms with van der Waals surface area (Å²) < 4.78 is 39.9. The van der Waals surface area contributed by atoms with Crippen LogP contribution in [0.2, 0.25) is 0 Å². The Morgan fingerprint density at radius 1 is 1.00 bits per heavy atom.